The molecule has 172 valence electrons. The Morgan fingerprint density at radius 1 is 0.853 bits per heavy atom. The van der Waals surface area contributed by atoms with E-state index >= 15 is 0 Å². The lowest BCUT2D eigenvalue weighted by Crippen LogP contribution is -2.22. The third-order valence-electron chi connectivity index (χ3n) is 6.01. The van der Waals surface area contributed by atoms with Gasteiger partial charge in [0.2, 0.25) is 5.78 Å². The van der Waals surface area contributed by atoms with Crippen LogP contribution in [0.25, 0.3) is 6.08 Å². The monoisotopic (exact) mass is 458 g/mol. The van der Waals surface area contributed by atoms with E-state index in [9.17, 15) is 9.59 Å². The van der Waals surface area contributed by atoms with Crippen molar-refractivity contribution in [2.45, 2.75) is 12.3 Å². The van der Waals surface area contributed by atoms with Crippen LogP contribution in [0.15, 0.2) is 60.4 Å². The molecule has 0 spiro atoms. The fourth-order valence-electron chi connectivity index (χ4n) is 4.33. The van der Waals surface area contributed by atoms with E-state index in [-0.39, 0.29) is 23.9 Å². The molecule has 3 aromatic carbocycles. The van der Waals surface area contributed by atoms with Crippen LogP contribution in [0.1, 0.15) is 39.4 Å². The van der Waals surface area contributed by atoms with Crippen molar-refractivity contribution < 1.29 is 33.3 Å². The van der Waals surface area contributed by atoms with Gasteiger partial charge in [0.1, 0.15) is 28.7 Å². The smallest absolute Gasteiger partial charge is 0.312 e. The van der Waals surface area contributed by atoms with E-state index in [4.69, 9.17) is 23.7 Å². The number of carbonyl (C=O) groups excluding carboxylic acids is 2. The third-order valence-corrected chi connectivity index (χ3v) is 6.01. The SMILES string of the molecule is COc1ccc(C=C2Oc3c(ccc4c3C(c3ccc(OC)cc3OC)CC(=O)O4)C2=O)cc1. The van der Waals surface area contributed by atoms with Crippen LogP contribution in [0.4, 0.5) is 0 Å². The highest BCUT2D eigenvalue weighted by Crippen LogP contribution is 2.50. The summed E-state index contributed by atoms with van der Waals surface area (Å²) in [4.78, 5) is 25.6. The predicted molar refractivity (Wildman–Crippen MR) is 124 cm³/mol. The normalized spacial score (nSPS) is 17.5. The second-order valence-electron chi connectivity index (χ2n) is 7.91. The van der Waals surface area contributed by atoms with E-state index in [0.717, 1.165) is 16.9 Å². The molecule has 5 rings (SSSR count). The van der Waals surface area contributed by atoms with E-state index in [2.05, 4.69) is 0 Å². The van der Waals surface area contributed by atoms with E-state index in [1.165, 1.54) is 0 Å². The van der Waals surface area contributed by atoms with Gasteiger partial charge < -0.3 is 23.7 Å². The summed E-state index contributed by atoms with van der Waals surface area (Å²) in [6, 6.07) is 16.0. The van der Waals surface area contributed by atoms with Gasteiger partial charge in [-0.1, -0.05) is 18.2 Å². The van der Waals surface area contributed by atoms with Crippen LogP contribution >= 0.6 is 0 Å². The molecule has 2 aliphatic rings. The Morgan fingerprint density at radius 2 is 1.59 bits per heavy atom. The van der Waals surface area contributed by atoms with Gasteiger partial charge in [-0.2, -0.15) is 0 Å². The largest absolute Gasteiger partial charge is 0.497 e. The molecule has 0 saturated carbocycles. The van der Waals surface area contributed by atoms with E-state index in [0.29, 0.717) is 34.1 Å². The summed E-state index contributed by atoms with van der Waals surface area (Å²) < 4.78 is 27.7. The van der Waals surface area contributed by atoms with Gasteiger partial charge in [0.25, 0.3) is 0 Å². The summed E-state index contributed by atoms with van der Waals surface area (Å²) in [5.41, 5.74) is 2.64. The number of ether oxygens (including phenoxy) is 5. The molecule has 0 aromatic heterocycles. The van der Waals surface area contributed by atoms with E-state index in [1.807, 2.05) is 36.4 Å². The first-order chi connectivity index (χ1) is 16.5. The zero-order valence-electron chi connectivity index (χ0n) is 18.9. The van der Waals surface area contributed by atoms with Gasteiger partial charge in [0.15, 0.2) is 5.76 Å². The minimum Gasteiger partial charge on any atom is -0.497 e. The highest BCUT2D eigenvalue weighted by atomic mass is 16.5. The van der Waals surface area contributed by atoms with Crippen molar-refractivity contribution in [1.82, 2.24) is 0 Å². The molecule has 2 heterocycles. The number of rotatable bonds is 5. The van der Waals surface area contributed by atoms with Crippen LogP contribution in [-0.4, -0.2) is 33.1 Å². The highest BCUT2D eigenvalue weighted by molar-refractivity contribution is 6.15. The molecule has 1 unspecified atom stereocenters. The topological polar surface area (TPSA) is 80.3 Å². The highest BCUT2D eigenvalue weighted by Gasteiger charge is 2.39. The molecule has 0 N–H and O–H groups in total. The third kappa shape index (κ3) is 3.65. The molecule has 7 nitrogen and oxygen atoms in total. The lowest BCUT2D eigenvalue weighted by Gasteiger charge is -2.27. The average molecular weight is 458 g/mol. The lowest BCUT2D eigenvalue weighted by atomic mass is 9.84. The number of Topliss-reactive ketones (excluding diaryl/α,β-unsaturated/α-hetero) is 1. The molecule has 1 atom stereocenters. The van der Waals surface area contributed by atoms with Gasteiger partial charge in [-0.05, 0) is 42.0 Å². The summed E-state index contributed by atoms with van der Waals surface area (Å²) in [6.07, 6.45) is 1.77. The lowest BCUT2D eigenvalue weighted by molar-refractivity contribution is -0.135. The molecular formula is C27H22O7. The molecule has 34 heavy (non-hydrogen) atoms. The number of carbonyl (C=O) groups is 2. The minimum absolute atomic E-state index is 0.0845. The Bertz CT molecular complexity index is 1320. The molecule has 0 saturated heterocycles. The second kappa shape index (κ2) is 8.59. The van der Waals surface area contributed by atoms with Crippen molar-refractivity contribution in [1.29, 1.82) is 0 Å². The predicted octanol–water partition coefficient (Wildman–Crippen LogP) is 4.77. The zero-order chi connectivity index (χ0) is 23.8. The number of hydrogen-bond donors (Lipinski definition) is 0. The zero-order valence-corrected chi connectivity index (χ0v) is 18.9. The van der Waals surface area contributed by atoms with Crippen molar-refractivity contribution in [2.75, 3.05) is 21.3 Å². The van der Waals surface area contributed by atoms with Crippen LogP contribution in [0.3, 0.4) is 0 Å². The maximum Gasteiger partial charge on any atom is 0.312 e. The number of methoxy groups -OCH3 is 3. The van der Waals surface area contributed by atoms with Crippen LogP contribution < -0.4 is 23.7 Å². The summed E-state index contributed by atoms with van der Waals surface area (Å²) in [5.74, 6) is 1.88. The standard InChI is InChI=1S/C27H22O7/c1-30-16-6-4-15(5-7-16)12-23-26(29)19-10-11-21-25(27(19)34-23)20(14-24(28)33-21)18-9-8-17(31-2)13-22(18)32-3/h4-13,20H,14H2,1-3H3. The molecule has 3 aromatic rings. The van der Waals surface area contributed by atoms with E-state index < -0.39 is 5.92 Å². The minimum atomic E-state index is -0.416. The summed E-state index contributed by atoms with van der Waals surface area (Å²) >= 11 is 0. The van der Waals surface area contributed by atoms with Crippen LogP contribution in [0.5, 0.6) is 28.7 Å². The average Bonchev–Trinajstić information content (AvgIpc) is 3.18. The van der Waals surface area contributed by atoms with E-state index in [1.54, 1.807) is 45.6 Å². The Kier molecular flexibility index (Phi) is 5.45. The molecular weight excluding hydrogens is 436 g/mol. The fraction of sp³-hybridized carbons (Fsp3) is 0.185. The number of fused-ring (bicyclic) bond motifs is 3. The summed E-state index contributed by atoms with van der Waals surface area (Å²) in [6.45, 7) is 0. The van der Waals surface area contributed by atoms with Gasteiger partial charge in [-0.15, -0.1) is 0 Å². The summed E-state index contributed by atoms with van der Waals surface area (Å²) in [5, 5.41) is 0. The van der Waals surface area contributed by atoms with Gasteiger partial charge in [-0.3, -0.25) is 9.59 Å². The van der Waals surface area contributed by atoms with Crippen molar-refractivity contribution >= 4 is 17.8 Å². The fourth-order valence-corrected chi connectivity index (χ4v) is 4.33. The molecule has 0 aliphatic carbocycles. The quantitative estimate of drug-likeness (QED) is 0.310. The number of esters is 1. The first-order valence-corrected chi connectivity index (χ1v) is 10.7. The molecule has 2 aliphatic heterocycles. The maximum absolute atomic E-state index is 13.2. The van der Waals surface area contributed by atoms with Crippen molar-refractivity contribution in [2.24, 2.45) is 0 Å². The molecule has 0 radical (unpaired) electrons. The van der Waals surface area contributed by atoms with Gasteiger partial charge >= 0.3 is 5.97 Å². The van der Waals surface area contributed by atoms with Crippen molar-refractivity contribution in [3.05, 3.63) is 82.6 Å². The number of ketones is 1. The first-order valence-electron chi connectivity index (χ1n) is 10.7. The maximum atomic E-state index is 13.2. The molecule has 0 amide bonds. The van der Waals surface area contributed by atoms with Crippen molar-refractivity contribution in [3.63, 3.8) is 0 Å². The summed E-state index contributed by atoms with van der Waals surface area (Å²) in [7, 11) is 4.73. The van der Waals surface area contributed by atoms with Crippen LogP contribution in [0.2, 0.25) is 0 Å². The first kappa shape index (κ1) is 21.6. The number of benzene rings is 3. The molecule has 7 heteroatoms. The molecule has 0 fully saturated rings. The number of hydrogen-bond acceptors (Lipinski definition) is 7. The Morgan fingerprint density at radius 3 is 2.29 bits per heavy atom. The molecule has 0 bridgehead atoms. The van der Waals surface area contributed by atoms with Crippen LogP contribution in [0, 0.1) is 0 Å². The number of allylic oxidation sites excluding steroid dienone is 1. The van der Waals surface area contributed by atoms with Crippen LogP contribution in [-0.2, 0) is 4.79 Å². The van der Waals surface area contributed by atoms with Gasteiger partial charge in [0, 0.05) is 23.1 Å². The van der Waals surface area contributed by atoms with Gasteiger partial charge in [0.05, 0.1) is 33.3 Å². The Balaban J connectivity index is 1.59. The Hall–Kier alpha value is -4.26. The van der Waals surface area contributed by atoms with Crippen molar-refractivity contribution in [3.8, 4) is 28.7 Å². The second-order valence-corrected chi connectivity index (χ2v) is 7.91. The Labute approximate surface area is 196 Å². The van der Waals surface area contributed by atoms with Gasteiger partial charge in [-0.25, -0.2) is 0 Å².